The van der Waals surface area contributed by atoms with Crippen LogP contribution in [0.25, 0.3) is 0 Å². The van der Waals surface area contributed by atoms with E-state index in [0.29, 0.717) is 47.8 Å². The van der Waals surface area contributed by atoms with E-state index < -0.39 is 23.3 Å². The molecule has 2 saturated carbocycles. The van der Waals surface area contributed by atoms with Crippen molar-refractivity contribution in [2.45, 2.75) is 102 Å². The molecule has 6 rings (SSSR count). The average Bonchev–Trinajstić information content (AvgIpc) is 4.03. The Morgan fingerprint density at radius 1 is 1.05 bits per heavy atom. The Bertz CT molecular complexity index is 1760. The number of carbonyl (C=O) groups is 2. The third-order valence-electron chi connectivity index (χ3n) is 11.4. The number of allylic oxidation sites excluding steroid dienone is 1. The Kier molecular flexibility index (Phi) is 12.7. The van der Waals surface area contributed by atoms with Crippen molar-refractivity contribution in [3.05, 3.63) is 71.8 Å². The van der Waals surface area contributed by atoms with Crippen molar-refractivity contribution in [2.75, 3.05) is 34.0 Å². The van der Waals surface area contributed by atoms with E-state index >= 15 is 0 Å². The summed E-state index contributed by atoms with van der Waals surface area (Å²) >= 11 is 0. The third kappa shape index (κ3) is 8.64. The predicted molar refractivity (Wildman–Crippen MR) is 210 cm³/mol. The number of aliphatic hydroxyl groups is 2. The maximum atomic E-state index is 14.0. The first kappa shape index (κ1) is 40.5. The molecule has 4 aliphatic rings. The van der Waals surface area contributed by atoms with Gasteiger partial charge in [-0.15, -0.1) is 6.58 Å². The van der Waals surface area contributed by atoms with Gasteiger partial charge in [-0.05, 0) is 113 Å². The van der Waals surface area contributed by atoms with Gasteiger partial charge in [0.05, 0.1) is 30.9 Å². The van der Waals surface area contributed by atoms with Crippen LogP contribution in [0.15, 0.2) is 65.9 Å². The quantitative estimate of drug-likeness (QED) is 0.0682. The number of unbranched alkanes of at least 4 members (excludes halogenated alkanes) is 2. The highest BCUT2D eigenvalue weighted by Crippen LogP contribution is 2.62. The van der Waals surface area contributed by atoms with Gasteiger partial charge in [0, 0.05) is 44.1 Å². The van der Waals surface area contributed by atoms with E-state index in [9.17, 15) is 19.8 Å². The van der Waals surface area contributed by atoms with Crippen LogP contribution in [0.5, 0.6) is 23.0 Å². The number of ether oxygens (including phenoxy) is 4. The van der Waals surface area contributed by atoms with Gasteiger partial charge in [0.25, 0.3) is 0 Å². The van der Waals surface area contributed by atoms with Gasteiger partial charge >= 0.3 is 0 Å². The van der Waals surface area contributed by atoms with Crippen LogP contribution in [0.1, 0.15) is 100 Å². The van der Waals surface area contributed by atoms with Crippen LogP contribution in [-0.2, 0) is 14.4 Å². The second-order valence-electron chi connectivity index (χ2n) is 16.3. The van der Waals surface area contributed by atoms with Gasteiger partial charge < -0.3 is 38.9 Å². The maximum absolute atomic E-state index is 14.0. The smallest absolute Gasteiger partial charge is 0.239 e. The molecule has 0 aromatic heterocycles. The molecule has 6 unspecified atom stereocenters. The lowest BCUT2D eigenvalue weighted by Gasteiger charge is -2.59. The fourth-order valence-electron chi connectivity index (χ4n) is 8.76. The molecule has 11 heteroatoms. The summed E-state index contributed by atoms with van der Waals surface area (Å²) in [6.45, 7) is 10.3. The maximum Gasteiger partial charge on any atom is 0.239 e. The number of methoxy groups -OCH3 is 1. The number of hydrogen-bond acceptors (Lipinski definition) is 10. The third-order valence-corrected chi connectivity index (χ3v) is 11.4. The molecular weight excluding hydrogens is 700 g/mol. The number of aliphatic hydroxyl groups excluding tert-OH is 2. The fraction of sp³-hybridized carbons (Fsp3) is 0.568. The van der Waals surface area contributed by atoms with Crippen molar-refractivity contribution in [1.29, 1.82) is 0 Å². The zero-order valence-electron chi connectivity index (χ0n) is 33.0. The molecule has 2 aromatic carbocycles. The summed E-state index contributed by atoms with van der Waals surface area (Å²) in [6.07, 6.45) is 11.6. The van der Waals surface area contributed by atoms with E-state index in [-0.39, 0.29) is 49.4 Å². The number of benzene rings is 2. The van der Waals surface area contributed by atoms with Gasteiger partial charge in [0.1, 0.15) is 34.6 Å². The van der Waals surface area contributed by atoms with Crippen LogP contribution < -0.4 is 14.2 Å². The number of oxime groups is 1. The lowest BCUT2D eigenvalue weighted by atomic mass is 9.55. The van der Waals surface area contributed by atoms with Crippen LogP contribution in [0.4, 0.5) is 0 Å². The number of amides is 1. The molecule has 6 atom stereocenters. The normalized spacial score (nSPS) is 26.2. The number of fused-ring (bicyclic) bond motifs is 2. The van der Waals surface area contributed by atoms with Crippen LogP contribution in [0, 0.1) is 23.7 Å². The summed E-state index contributed by atoms with van der Waals surface area (Å²) < 4.78 is 26.0. The second kappa shape index (κ2) is 17.3. The minimum atomic E-state index is -1.29. The van der Waals surface area contributed by atoms with Crippen molar-refractivity contribution in [3.8, 4) is 23.0 Å². The Balaban J connectivity index is 1.56. The molecule has 0 spiro atoms. The van der Waals surface area contributed by atoms with Gasteiger partial charge in [-0.1, -0.05) is 30.1 Å². The molecule has 2 N–H and O–H groups in total. The molecule has 2 fully saturated rings. The molecule has 1 aliphatic heterocycles. The van der Waals surface area contributed by atoms with E-state index in [0.717, 1.165) is 61.7 Å². The molecule has 2 aromatic rings. The number of carbonyl (C=O) groups excluding carboxylic acids is 2. The number of nitrogens with zero attached hydrogens (tertiary/aromatic N) is 2. The molecule has 3 aliphatic carbocycles. The first-order chi connectivity index (χ1) is 26.5. The summed E-state index contributed by atoms with van der Waals surface area (Å²) in [5.74, 6) is 0.522. The standard InChI is InChI=1S/C44H58N2O9/c1-7-22-52-44-39(46(5)42(50)28-14-15-28)26-36(45-55-43(2,3)4)34-24-29(12-8-10-20-47)33(13-9-11-21-48)40(41(34)44)35-25-32(17-19-38(35)54-44)53-31-16-18-37(51-6)30(23-31)27-49/h7,16-19,23-25,27-29,33,39-41,47-48H,1,8-15,20-22,26H2,2-6H3. The van der Waals surface area contributed by atoms with Crippen LogP contribution >= 0.6 is 0 Å². The van der Waals surface area contributed by atoms with E-state index in [4.69, 9.17) is 28.9 Å². The SMILES string of the molecule is C=CCOC12Oc3ccc(Oc4ccc(OC)c(C=O)c4)cc3C3C(CCCCO)C(CCCCO)C=C(C(=NOC(C)(C)C)CC1N(C)C(=O)C1CC1)C32. The zero-order chi connectivity index (χ0) is 39.3. The first-order valence-electron chi connectivity index (χ1n) is 19.8. The van der Waals surface area contributed by atoms with Crippen LogP contribution in [-0.4, -0.2) is 84.4 Å². The molecule has 1 heterocycles. The van der Waals surface area contributed by atoms with Gasteiger partial charge in [-0.2, -0.15) is 0 Å². The molecule has 0 saturated heterocycles. The predicted octanol–water partition coefficient (Wildman–Crippen LogP) is 7.60. The summed E-state index contributed by atoms with van der Waals surface area (Å²) in [7, 11) is 3.38. The lowest BCUT2D eigenvalue weighted by Crippen LogP contribution is -2.69. The molecule has 0 radical (unpaired) electrons. The average molecular weight is 759 g/mol. The fourth-order valence-corrected chi connectivity index (χ4v) is 8.76. The Labute approximate surface area is 325 Å². The number of likely N-dealkylation sites (N-methyl/N-ethyl adjacent to an activating group) is 1. The van der Waals surface area contributed by atoms with Crippen LogP contribution in [0.3, 0.4) is 0 Å². The Morgan fingerprint density at radius 3 is 2.42 bits per heavy atom. The molecule has 1 amide bonds. The highest BCUT2D eigenvalue weighted by molar-refractivity contribution is 6.03. The monoisotopic (exact) mass is 758 g/mol. The van der Waals surface area contributed by atoms with Gasteiger partial charge in [-0.25, -0.2) is 0 Å². The molecular formula is C44H58N2O9. The molecule has 298 valence electrons. The van der Waals surface area contributed by atoms with Crippen molar-refractivity contribution >= 4 is 17.9 Å². The lowest BCUT2D eigenvalue weighted by molar-refractivity contribution is -0.256. The minimum absolute atomic E-state index is 0.0258. The number of aldehydes is 1. The Morgan fingerprint density at radius 2 is 1.76 bits per heavy atom. The van der Waals surface area contributed by atoms with Gasteiger partial charge in [0.15, 0.2) is 6.29 Å². The van der Waals surface area contributed by atoms with Crippen molar-refractivity contribution in [3.63, 3.8) is 0 Å². The minimum Gasteiger partial charge on any atom is -0.496 e. The summed E-state index contributed by atoms with van der Waals surface area (Å²) in [4.78, 5) is 33.8. The summed E-state index contributed by atoms with van der Waals surface area (Å²) in [5.41, 5.74) is 2.52. The highest BCUT2D eigenvalue weighted by atomic mass is 16.7. The van der Waals surface area contributed by atoms with Gasteiger partial charge in [-0.3, -0.25) is 9.59 Å². The van der Waals surface area contributed by atoms with E-state index in [1.165, 1.54) is 7.11 Å². The zero-order valence-corrected chi connectivity index (χ0v) is 33.0. The molecule has 55 heavy (non-hydrogen) atoms. The highest BCUT2D eigenvalue weighted by Gasteiger charge is 2.65. The topological polar surface area (TPSA) is 136 Å². The van der Waals surface area contributed by atoms with Crippen molar-refractivity contribution < 1.29 is 43.6 Å². The molecule has 0 bridgehead atoms. The van der Waals surface area contributed by atoms with Crippen molar-refractivity contribution in [1.82, 2.24) is 4.90 Å². The number of rotatable bonds is 18. The van der Waals surface area contributed by atoms with Crippen LogP contribution in [0.2, 0.25) is 0 Å². The molecule has 11 nitrogen and oxygen atoms in total. The van der Waals surface area contributed by atoms with E-state index in [1.54, 1.807) is 24.3 Å². The van der Waals surface area contributed by atoms with E-state index in [1.807, 2.05) is 50.9 Å². The summed E-state index contributed by atoms with van der Waals surface area (Å²) in [6, 6.07) is 10.4. The summed E-state index contributed by atoms with van der Waals surface area (Å²) in [5, 5.41) is 24.6. The largest absolute Gasteiger partial charge is 0.496 e. The van der Waals surface area contributed by atoms with Crippen molar-refractivity contribution in [2.24, 2.45) is 28.8 Å². The second-order valence-corrected chi connectivity index (χ2v) is 16.3. The van der Waals surface area contributed by atoms with Gasteiger partial charge in [0.2, 0.25) is 11.7 Å². The Hall–Kier alpha value is -4.19. The number of hydrogen-bond donors (Lipinski definition) is 2. The van der Waals surface area contributed by atoms with E-state index in [2.05, 4.69) is 12.7 Å². The first-order valence-corrected chi connectivity index (χ1v) is 19.8.